The van der Waals surface area contributed by atoms with Crippen molar-refractivity contribution < 1.29 is 15.0 Å². The quantitative estimate of drug-likeness (QED) is 0.702. The third-order valence-corrected chi connectivity index (χ3v) is 4.04. The lowest BCUT2D eigenvalue weighted by molar-refractivity contribution is -0.137. The molecule has 2 N–H and O–H groups in total. The van der Waals surface area contributed by atoms with Crippen LogP contribution in [0.15, 0.2) is 12.2 Å². The first kappa shape index (κ1) is 12.6. The number of aliphatic carboxylic acids is 1. The maximum absolute atomic E-state index is 10.6. The fourth-order valence-electron chi connectivity index (χ4n) is 3.19. The van der Waals surface area contributed by atoms with Gasteiger partial charge in [-0.2, -0.15) is 0 Å². The molecule has 4 nitrogen and oxygen atoms in total. The van der Waals surface area contributed by atoms with Crippen molar-refractivity contribution in [3.05, 3.63) is 12.2 Å². The van der Waals surface area contributed by atoms with E-state index in [1.54, 1.807) is 0 Å². The lowest BCUT2D eigenvalue weighted by Crippen LogP contribution is -2.26. The number of hydrogen-bond acceptors (Lipinski definition) is 3. The average molecular weight is 239 g/mol. The highest BCUT2D eigenvalue weighted by Gasteiger charge is 2.37. The van der Waals surface area contributed by atoms with Gasteiger partial charge in [0.2, 0.25) is 0 Å². The van der Waals surface area contributed by atoms with E-state index >= 15 is 0 Å². The fourth-order valence-corrected chi connectivity index (χ4v) is 3.19. The number of carboxylic acids is 1. The number of aliphatic hydroxyl groups is 1. The number of carboxylic acid groups (broad SMARTS) is 1. The maximum Gasteiger partial charge on any atom is 0.304 e. The number of likely N-dealkylation sites (tertiary alicyclic amines) is 1. The van der Waals surface area contributed by atoms with Crippen LogP contribution in [-0.2, 0) is 4.79 Å². The summed E-state index contributed by atoms with van der Waals surface area (Å²) < 4.78 is 0. The molecule has 0 radical (unpaired) electrons. The number of allylic oxidation sites excluding steroid dienone is 2. The molecule has 3 atom stereocenters. The van der Waals surface area contributed by atoms with E-state index in [9.17, 15) is 4.79 Å². The van der Waals surface area contributed by atoms with Crippen molar-refractivity contribution in [3.63, 3.8) is 0 Å². The van der Waals surface area contributed by atoms with Crippen LogP contribution in [0, 0.1) is 17.8 Å². The van der Waals surface area contributed by atoms with Crippen LogP contribution in [0.2, 0.25) is 0 Å². The minimum atomic E-state index is -0.718. The molecule has 1 saturated heterocycles. The van der Waals surface area contributed by atoms with Gasteiger partial charge < -0.3 is 15.1 Å². The average Bonchev–Trinajstić information content (AvgIpc) is 2.71. The summed E-state index contributed by atoms with van der Waals surface area (Å²) in [6.07, 6.45) is 6.64. The second-order valence-corrected chi connectivity index (χ2v) is 5.17. The highest BCUT2D eigenvalue weighted by Crippen LogP contribution is 2.37. The highest BCUT2D eigenvalue weighted by atomic mass is 16.4. The lowest BCUT2D eigenvalue weighted by atomic mass is 9.77. The zero-order chi connectivity index (χ0) is 12.3. The summed E-state index contributed by atoms with van der Waals surface area (Å²) >= 11 is 0. The summed E-state index contributed by atoms with van der Waals surface area (Å²) in [6.45, 7) is 2.92. The van der Waals surface area contributed by atoms with Crippen molar-refractivity contribution in [1.29, 1.82) is 0 Å². The summed E-state index contributed by atoms with van der Waals surface area (Å²) in [7, 11) is 0. The van der Waals surface area contributed by atoms with E-state index in [1.165, 1.54) is 0 Å². The Hall–Kier alpha value is -0.870. The Balaban J connectivity index is 1.88. The van der Waals surface area contributed by atoms with E-state index < -0.39 is 5.97 Å². The predicted octanol–water partition coefficient (Wildman–Crippen LogP) is 0.968. The predicted molar refractivity (Wildman–Crippen MR) is 64.6 cm³/mol. The molecule has 96 valence electrons. The summed E-state index contributed by atoms with van der Waals surface area (Å²) in [5.74, 6) is 1.03. The molecule has 1 aliphatic carbocycles. The van der Waals surface area contributed by atoms with E-state index in [0.29, 0.717) is 24.3 Å². The largest absolute Gasteiger partial charge is 0.481 e. The molecule has 0 saturated carbocycles. The molecule has 0 aromatic heterocycles. The van der Waals surface area contributed by atoms with Crippen LogP contribution < -0.4 is 0 Å². The normalized spacial score (nSPS) is 32.6. The molecule has 2 aliphatic rings. The van der Waals surface area contributed by atoms with Crippen LogP contribution in [0.1, 0.15) is 19.3 Å². The van der Waals surface area contributed by atoms with E-state index in [-0.39, 0.29) is 13.0 Å². The fraction of sp³-hybridized carbons (Fsp3) is 0.769. The zero-order valence-electron chi connectivity index (χ0n) is 10.1. The minimum Gasteiger partial charge on any atom is -0.481 e. The number of hydrogen-bond donors (Lipinski definition) is 2. The highest BCUT2D eigenvalue weighted by molar-refractivity contribution is 5.66. The van der Waals surface area contributed by atoms with Gasteiger partial charge in [-0.1, -0.05) is 12.2 Å². The molecule has 0 amide bonds. The molecule has 0 bridgehead atoms. The first-order valence-electron chi connectivity index (χ1n) is 6.42. The Morgan fingerprint density at radius 1 is 1.41 bits per heavy atom. The zero-order valence-corrected chi connectivity index (χ0v) is 10.1. The summed E-state index contributed by atoms with van der Waals surface area (Å²) in [4.78, 5) is 12.8. The van der Waals surface area contributed by atoms with Crippen LogP contribution in [0.4, 0.5) is 0 Å². The second-order valence-electron chi connectivity index (χ2n) is 5.17. The van der Waals surface area contributed by atoms with Crippen LogP contribution in [0.25, 0.3) is 0 Å². The van der Waals surface area contributed by atoms with Gasteiger partial charge in [-0.3, -0.25) is 4.79 Å². The molecule has 4 heteroatoms. The molecule has 0 spiro atoms. The Kier molecular flexibility index (Phi) is 4.18. The van der Waals surface area contributed by atoms with Crippen molar-refractivity contribution in [2.24, 2.45) is 17.8 Å². The lowest BCUT2D eigenvalue weighted by Gasteiger charge is -2.28. The van der Waals surface area contributed by atoms with Crippen LogP contribution in [0.5, 0.6) is 0 Å². The molecule has 0 aromatic rings. The van der Waals surface area contributed by atoms with Gasteiger partial charge in [0.1, 0.15) is 0 Å². The SMILES string of the molecule is O=C(O)CCN1CC2CC=CC(CCO)C2C1. The van der Waals surface area contributed by atoms with Crippen LogP contribution in [-0.4, -0.2) is 47.3 Å². The third kappa shape index (κ3) is 3.07. The molecular formula is C13H21NO3. The number of nitrogens with zero attached hydrogens (tertiary/aromatic N) is 1. The first-order valence-corrected chi connectivity index (χ1v) is 6.42. The van der Waals surface area contributed by atoms with Gasteiger partial charge in [0.05, 0.1) is 6.42 Å². The standard InChI is InChI=1S/C13H21NO3/c15-7-5-10-2-1-3-11-8-14(9-12(10)11)6-4-13(16)17/h1-2,10-12,15H,3-9H2,(H,16,17). The van der Waals surface area contributed by atoms with Gasteiger partial charge in [0, 0.05) is 26.2 Å². The maximum atomic E-state index is 10.6. The van der Waals surface area contributed by atoms with Gasteiger partial charge in [0.15, 0.2) is 0 Å². The van der Waals surface area contributed by atoms with Crippen molar-refractivity contribution >= 4 is 5.97 Å². The van der Waals surface area contributed by atoms with E-state index in [2.05, 4.69) is 17.1 Å². The van der Waals surface area contributed by atoms with Gasteiger partial charge in [-0.15, -0.1) is 0 Å². The van der Waals surface area contributed by atoms with Crippen molar-refractivity contribution in [2.75, 3.05) is 26.2 Å². The van der Waals surface area contributed by atoms with Gasteiger partial charge in [-0.05, 0) is 30.6 Å². The number of rotatable bonds is 5. The minimum absolute atomic E-state index is 0.234. The van der Waals surface area contributed by atoms with Crippen molar-refractivity contribution in [1.82, 2.24) is 4.90 Å². The molecule has 0 aromatic carbocycles. The molecule has 2 rings (SSSR count). The van der Waals surface area contributed by atoms with E-state index in [0.717, 1.165) is 25.9 Å². The summed E-state index contributed by atoms with van der Waals surface area (Å²) in [5.41, 5.74) is 0. The molecule has 1 heterocycles. The molecule has 17 heavy (non-hydrogen) atoms. The number of carbonyl (C=O) groups is 1. The Morgan fingerprint density at radius 2 is 2.24 bits per heavy atom. The molecular weight excluding hydrogens is 218 g/mol. The van der Waals surface area contributed by atoms with Crippen molar-refractivity contribution in [2.45, 2.75) is 19.3 Å². The molecule has 1 fully saturated rings. The van der Waals surface area contributed by atoms with Gasteiger partial charge in [0.25, 0.3) is 0 Å². The molecule has 1 aliphatic heterocycles. The van der Waals surface area contributed by atoms with Gasteiger partial charge >= 0.3 is 5.97 Å². The van der Waals surface area contributed by atoms with Gasteiger partial charge in [-0.25, -0.2) is 0 Å². The molecule has 3 unspecified atom stereocenters. The Morgan fingerprint density at radius 3 is 2.94 bits per heavy atom. The smallest absolute Gasteiger partial charge is 0.304 e. The van der Waals surface area contributed by atoms with Crippen LogP contribution in [0.3, 0.4) is 0 Å². The number of fused-ring (bicyclic) bond motifs is 1. The second kappa shape index (κ2) is 5.65. The Bertz CT molecular complexity index is 303. The van der Waals surface area contributed by atoms with Crippen LogP contribution >= 0.6 is 0 Å². The third-order valence-electron chi connectivity index (χ3n) is 4.04. The van der Waals surface area contributed by atoms with E-state index in [1.807, 2.05) is 0 Å². The monoisotopic (exact) mass is 239 g/mol. The topological polar surface area (TPSA) is 60.8 Å². The summed E-state index contributed by atoms with van der Waals surface area (Å²) in [6, 6.07) is 0. The van der Waals surface area contributed by atoms with Crippen molar-refractivity contribution in [3.8, 4) is 0 Å². The summed E-state index contributed by atoms with van der Waals surface area (Å²) in [5, 5.41) is 17.8. The Labute approximate surface area is 102 Å². The van der Waals surface area contributed by atoms with E-state index in [4.69, 9.17) is 10.2 Å². The first-order chi connectivity index (χ1) is 8.20. The number of aliphatic hydroxyl groups excluding tert-OH is 1.